The Labute approximate surface area is 110 Å². The lowest BCUT2D eigenvalue weighted by atomic mass is 10.0. The molecular weight excluding hydrogens is 224 g/mol. The molecule has 0 bridgehead atoms. The summed E-state index contributed by atoms with van der Waals surface area (Å²) in [4.78, 5) is 2.41. The van der Waals surface area contributed by atoms with Crippen molar-refractivity contribution in [1.82, 2.24) is 0 Å². The van der Waals surface area contributed by atoms with Gasteiger partial charge in [-0.15, -0.1) is 0 Å². The number of hydrogen-bond acceptors (Lipinski definition) is 3. The van der Waals surface area contributed by atoms with Crippen LogP contribution in [0.5, 0.6) is 0 Å². The minimum absolute atomic E-state index is 0.595. The Morgan fingerprint density at radius 2 is 2.06 bits per heavy atom. The first-order chi connectivity index (χ1) is 8.72. The minimum Gasteiger partial charge on any atom is -0.381 e. The summed E-state index contributed by atoms with van der Waals surface area (Å²) in [6.07, 6.45) is 3.18. The average molecular weight is 248 g/mol. The van der Waals surface area contributed by atoms with Crippen molar-refractivity contribution in [2.24, 2.45) is 5.73 Å². The van der Waals surface area contributed by atoms with Crippen LogP contribution >= 0.6 is 0 Å². The second-order valence-corrected chi connectivity index (χ2v) is 5.13. The molecule has 0 atom stereocenters. The summed E-state index contributed by atoms with van der Waals surface area (Å²) in [6, 6.07) is 7.27. The van der Waals surface area contributed by atoms with E-state index in [1.165, 1.54) is 16.8 Å². The maximum Gasteiger partial charge on any atom is 0.0485 e. The molecule has 2 rings (SSSR count). The number of aryl methyl sites for hydroxylation is 1. The van der Waals surface area contributed by atoms with Gasteiger partial charge in [-0.25, -0.2) is 0 Å². The van der Waals surface area contributed by atoms with Crippen molar-refractivity contribution >= 4 is 5.69 Å². The number of hydrogen-bond donors (Lipinski definition) is 1. The van der Waals surface area contributed by atoms with E-state index in [1.807, 2.05) is 0 Å². The van der Waals surface area contributed by atoms with E-state index in [-0.39, 0.29) is 0 Å². The van der Waals surface area contributed by atoms with E-state index in [9.17, 15) is 0 Å². The van der Waals surface area contributed by atoms with Gasteiger partial charge in [0.05, 0.1) is 0 Å². The topological polar surface area (TPSA) is 38.5 Å². The first kappa shape index (κ1) is 13.4. The highest BCUT2D eigenvalue weighted by molar-refractivity contribution is 5.55. The van der Waals surface area contributed by atoms with Crippen LogP contribution in [0.25, 0.3) is 0 Å². The third-order valence-electron chi connectivity index (χ3n) is 3.77. The molecule has 1 aliphatic heterocycles. The number of nitrogens with two attached hydrogens (primary N) is 1. The molecule has 0 radical (unpaired) electrons. The van der Waals surface area contributed by atoms with Crippen LogP contribution in [0.4, 0.5) is 5.69 Å². The predicted octanol–water partition coefficient (Wildman–Crippen LogP) is 2.11. The first-order valence-corrected chi connectivity index (χ1v) is 6.82. The lowest BCUT2D eigenvalue weighted by molar-refractivity contribution is 0.0854. The van der Waals surface area contributed by atoms with Gasteiger partial charge < -0.3 is 15.4 Å². The van der Waals surface area contributed by atoms with Crippen LogP contribution in [0.15, 0.2) is 18.2 Å². The highest BCUT2D eigenvalue weighted by atomic mass is 16.5. The van der Waals surface area contributed by atoms with Crippen molar-refractivity contribution in [1.29, 1.82) is 0 Å². The molecule has 0 amide bonds. The van der Waals surface area contributed by atoms with E-state index >= 15 is 0 Å². The molecule has 0 aromatic heterocycles. The standard InChI is InChI=1S/C15H24N2O/c1-12-3-4-15(13(11-12)5-8-16)17(2)14-6-9-18-10-7-14/h3-4,11,14H,5-10,16H2,1-2H3. The zero-order valence-electron chi connectivity index (χ0n) is 11.5. The summed E-state index contributed by atoms with van der Waals surface area (Å²) in [5, 5.41) is 0. The molecule has 1 aliphatic rings. The molecule has 2 N–H and O–H groups in total. The summed E-state index contributed by atoms with van der Waals surface area (Å²) in [6.45, 7) is 4.61. The first-order valence-electron chi connectivity index (χ1n) is 6.82. The van der Waals surface area contributed by atoms with E-state index in [4.69, 9.17) is 10.5 Å². The number of benzene rings is 1. The smallest absolute Gasteiger partial charge is 0.0485 e. The molecule has 1 aromatic carbocycles. The molecule has 1 fully saturated rings. The molecule has 18 heavy (non-hydrogen) atoms. The van der Waals surface area contributed by atoms with Crippen LogP contribution in [0.3, 0.4) is 0 Å². The summed E-state index contributed by atoms with van der Waals surface area (Å²) in [5.41, 5.74) is 9.73. The molecule has 100 valence electrons. The van der Waals surface area contributed by atoms with Gasteiger partial charge in [-0.1, -0.05) is 17.7 Å². The second-order valence-electron chi connectivity index (χ2n) is 5.13. The van der Waals surface area contributed by atoms with E-state index < -0.39 is 0 Å². The summed E-state index contributed by atoms with van der Waals surface area (Å²) in [7, 11) is 2.20. The highest BCUT2D eigenvalue weighted by Gasteiger charge is 2.20. The lowest BCUT2D eigenvalue weighted by Gasteiger charge is -2.34. The summed E-state index contributed by atoms with van der Waals surface area (Å²) in [5.74, 6) is 0. The Hall–Kier alpha value is -1.06. The quantitative estimate of drug-likeness (QED) is 0.887. The third kappa shape index (κ3) is 3.03. The van der Waals surface area contributed by atoms with Gasteiger partial charge in [0.25, 0.3) is 0 Å². The van der Waals surface area contributed by atoms with Gasteiger partial charge in [-0.3, -0.25) is 0 Å². The van der Waals surface area contributed by atoms with Crippen LogP contribution in [-0.2, 0) is 11.2 Å². The second kappa shape index (κ2) is 6.21. The van der Waals surface area contributed by atoms with Crippen molar-refractivity contribution in [3.63, 3.8) is 0 Å². The highest BCUT2D eigenvalue weighted by Crippen LogP contribution is 2.26. The zero-order valence-corrected chi connectivity index (χ0v) is 11.5. The Morgan fingerprint density at radius 3 is 2.72 bits per heavy atom. The molecule has 1 aromatic rings. The SMILES string of the molecule is Cc1ccc(N(C)C2CCOCC2)c(CCN)c1. The van der Waals surface area contributed by atoms with Crippen LogP contribution < -0.4 is 10.6 Å². The van der Waals surface area contributed by atoms with E-state index in [1.54, 1.807) is 0 Å². The molecule has 1 heterocycles. The van der Waals surface area contributed by atoms with Crippen LogP contribution in [0.1, 0.15) is 24.0 Å². The normalized spacial score (nSPS) is 16.8. The van der Waals surface area contributed by atoms with Crippen molar-refractivity contribution in [2.45, 2.75) is 32.2 Å². The summed E-state index contributed by atoms with van der Waals surface area (Å²) < 4.78 is 5.44. The predicted molar refractivity (Wildman–Crippen MR) is 76.2 cm³/mol. The van der Waals surface area contributed by atoms with E-state index in [2.05, 4.69) is 37.1 Å². The number of anilines is 1. The Morgan fingerprint density at radius 1 is 1.33 bits per heavy atom. The Balaban J connectivity index is 2.19. The molecule has 0 unspecified atom stereocenters. The number of rotatable bonds is 4. The molecule has 0 saturated carbocycles. The lowest BCUT2D eigenvalue weighted by Crippen LogP contribution is -2.37. The van der Waals surface area contributed by atoms with Gasteiger partial charge in [0.2, 0.25) is 0 Å². The zero-order chi connectivity index (χ0) is 13.0. The van der Waals surface area contributed by atoms with Gasteiger partial charge >= 0.3 is 0 Å². The molecule has 0 spiro atoms. The molecule has 1 saturated heterocycles. The van der Waals surface area contributed by atoms with Crippen molar-refractivity contribution < 1.29 is 4.74 Å². The molecule has 3 nitrogen and oxygen atoms in total. The molecule has 0 aliphatic carbocycles. The Kier molecular flexibility index (Phi) is 4.61. The minimum atomic E-state index is 0.595. The van der Waals surface area contributed by atoms with Crippen molar-refractivity contribution in [2.75, 3.05) is 31.7 Å². The third-order valence-corrected chi connectivity index (χ3v) is 3.77. The van der Waals surface area contributed by atoms with E-state index in [0.717, 1.165) is 32.5 Å². The maximum atomic E-state index is 5.72. The van der Waals surface area contributed by atoms with Gasteiger partial charge in [-0.05, 0) is 44.4 Å². The number of ether oxygens (including phenoxy) is 1. The fraction of sp³-hybridized carbons (Fsp3) is 0.600. The van der Waals surface area contributed by atoms with Gasteiger partial charge in [0, 0.05) is 32.0 Å². The fourth-order valence-corrected chi connectivity index (χ4v) is 2.68. The monoisotopic (exact) mass is 248 g/mol. The number of nitrogens with zero attached hydrogens (tertiary/aromatic N) is 1. The van der Waals surface area contributed by atoms with Crippen LogP contribution in [0.2, 0.25) is 0 Å². The van der Waals surface area contributed by atoms with Gasteiger partial charge in [0.15, 0.2) is 0 Å². The largest absolute Gasteiger partial charge is 0.381 e. The van der Waals surface area contributed by atoms with E-state index in [0.29, 0.717) is 12.6 Å². The molecular formula is C15H24N2O. The van der Waals surface area contributed by atoms with Gasteiger partial charge in [0.1, 0.15) is 0 Å². The maximum absolute atomic E-state index is 5.72. The van der Waals surface area contributed by atoms with Crippen LogP contribution in [-0.4, -0.2) is 32.8 Å². The molecule has 3 heteroatoms. The van der Waals surface area contributed by atoms with Crippen LogP contribution in [0, 0.1) is 6.92 Å². The van der Waals surface area contributed by atoms with Crippen molar-refractivity contribution in [3.05, 3.63) is 29.3 Å². The summed E-state index contributed by atoms with van der Waals surface area (Å²) >= 11 is 0. The van der Waals surface area contributed by atoms with Gasteiger partial charge in [-0.2, -0.15) is 0 Å². The Bertz CT molecular complexity index is 386. The average Bonchev–Trinajstić information content (AvgIpc) is 2.40. The fourth-order valence-electron chi connectivity index (χ4n) is 2.68. The van der Waals surface area contributed by atoms with Crippen molar-refractivity contribution in [3.8, 4) is 0 Å².